The molecule has 0 unspecified atom stereocenters. The van der Waals surface area contributed by atoms with E-state index >= 15 is 0 Å². The van der Waals surface area contributed by atoms with E-state index in [1.807, 2.05) is 0 Å². The first-order chi connectivity index (χ1) is 8.27. The van der Waals surface area contributed by atoms with Gasteiger partial charge in [0.15, 0.2) is 0 Å². The van der Waals surface area contributed by atoms with Crippen LogP contribution < -0.4 is 4.90 Å². The smallest absolute Gasteiger partial charge is 0.394 e. The fourth-order valence-electron chi connectivity index (χ4n) is 1.35. The molecular formula is C11H19NO5S. The second kappa shape index (κ2) is 8.04. The van der Waals surface area contributed by atoms with E-state index in [9.17, 15) is 0 Å². The van der Waals surface area contributed by atoms with E-state index in [0.29, 0.717) is 6.54 Å². The number of aliphatic hydroxyl groups is 1. The van der Waals surface area contributed by atoms with Crippen LogP contribution in [0.15, 0.2) is 24.3 Å². The van der Waals surface area contributed by atoms with Gasteiger partial charge in [-0.15, -0.1) is 0 Å². The molecule has 0 aromatic heterocycles. The van der Waals surface area contributed by atoms with Crippen molar-refractivity contribution in [3.05, 3.63) is 29.8 Å². The average molecular weight is 277 g/mol. The molecule has 0 bridgehead atoms. The van der Waals surface area contributed by atoms with Crippen molar-refractivity contribution >= 4 is 16.1 Å². The summed E-state index contributed by atoms with van der Waals surface area (Å²) in [5.41, 5.74) is 2.45. The SMILES string of the molecule is CCN(CCO)c1ccc(C)cc1.O=S(=O)(O)O. The summed E-state index contributed by atoms with van der Waals surface area (Å²) in [4.78, 5) is 2.15. The van der Waals surface area contributed by atoms with Gasteiger partial charge >= 0.3 is 10.4 Å². The summed E-state index contributed by atoms with van der Waals surface area (Å²) in [6.07, 6.45) is 0. The zero-order valence-electron chi connectivity index (χ0n) is 10.4. The Kier molecular flexibility index (Phi) is 7.53. The highest BCUT2D eigenvalue weighted by atomic mass is 32.3. The van der Waals surface area contributed by atoms with Gasteiger partial charge in [-0.05, 0) is 26.0 Å². The molecule has 7 heteroatoms. The van der Waals surface area contributed by atoms with Gasteiger partial charge in [-0.25, -0.2) is 0 Å². The van der Waals surface area contributed by atoms with E-state index in [-0.39, 0.29) is 6.61 Å². The van der Waals surface area contributed by atoms with Crippen LogP contribution in [-0.4, -0.2) is 42.3 Å². The molecule has 0 saturated heterocycles. The number of nitrogens with zero attached hydrogens (tertiary/aromatic N) is 1. The Bertz CT molecular complexity index is 421. The van der Waals surface area contributed by atoms with Crippen LogP contribution in [-0.2, 0) is 10.4 Å². The molecule has 1 rings (SSSR count). The lowest BCUT2D eigenvalue weighted by molar-refractivity contribution is 0.302. The van der Waals surface area contributed by atoms with Crippen LogP contribution in [0.2, 0.25) is 0 Å². The first kappa shape index (κ1) is 16.9. The molecule has 6 nitrogen and oxygen atoms in total. The van der Waals surface area contributed by atoms with E-state index in [1.54, 1.807) is 0 Å². The van der Waals surface area contributed by atoms with Crippen LogP contribution >= 0.6 is 0 Å². The van der Waals surface area contributed by atoms with Gasteiger partial charge in [0, 0.05) is 18.8 Å². The van der Waals surface area contributed by atoms with E-state index in [0.717, 1.165) is 6.54 Å². The molecule has 1 aromatic carbocycles. The Balaban J connectivity index is 0.000000494. The predicted octanol–water partition coefficient (Wildman–Crippen LogP) is 1.16. The second-order valence-corrected chi connectivity index (χ2v) is 4.48. The van der Waals surface area contributed by atoms with Gasteiger partial charge in [0.05, 0.1) is 6.61 Å². The van der Waals surface area contributed by atoms with Crippen LogP contribution in [0.1, 0.15) is 12.5 Å². The van der Waals surface area contributed by atoms with Crippen molar-refractivity contribution in [3.8, 4) is 0 Å². The van der Waals surface area contributed by atoms with Crippen molar-refractivity contribution < 1.29 is 22.6 Å². The molecule has 0 aliphatic heterocycles. The molecule has 0 radical (unpaired) electrons. The van der Waals surface area contributed by atoms with E-state index in [1.165, 1.54) is 11.3 Å². The fourth-order valence-corrected chi connectivity index (χ4v) is 1.35. The topological polar surface area (TPSA) is 98.1 Å². The largest absolute Gasteiger partial charge is 0.395 e. The van der Waals surface area contributed by atoms with Crippen LogP contribution in [0.5, 0.6) is 0 Å². The summed E-state index contributed by atoms with van der Waals surface area (Å²) in [6, 6.07) is 8.37. The third-order valence-corrected chi connectivity index (χ3v) is 2.15. The molecule has 18 heavy (non-hydrogen) atoms. The van der Waals surface area contributed by atoms with Crippen LogP contribution in [0.3, 0.4) is 0 Å². The number of rotatable bonds is 4. The van der Waals surface area contributed by atoms with Crippen molar-refractivity contribution in [3.63, 3.8) is 0 Å². The zero-order valence-corrected chi connectivity index (χ0v) is 11.3. The van der Waals surface area contributed by atoms with Crippen LogP contribution in [0, 0.1) is 6.92 Å². The molecule has 0 saturated carbocycles. The summed E-state index contributed by atoms with van der Waals surface area (Å²) >= 11 is 0. The van der Waals surface area contributed by atoms with Gasteiger partial charge in [0.25, 0.3) is 0 Å². The minimum atomic E-state index is -4.67. The third kappa shape index (κ3) is 8.94. The Morgan fingerprint density at radius 1 is 1.17 bits per heavy atom. The summed E-state index contributed by atoms with van der Waals surface area (Å²) in [5, 5.41) is 8.84. The number of hydrogen-bond donors (Lipinski definition) is 3. The summed E-state index contributed by atoms with van der Waals surface area (Å²) in [7, 11) is -4.67. The van der Waals surface area contributed by atoms with Crippen molar-refractivity contribution in [2.45, 2.75) is 13.8 Å². The Hall–Kier alpha value is -1.15. The lowest BCUT2D eigenvalue weighted by Gasteiger charge is -2.21. The fraction of sp³-hybridized carbons (Fsp3) is 0.455. The average Bonchev–Trinajstić information content (AvgIpc) is 2.25. The molecule has 0 fully saturated rings. The number of benzene rings is 1. The van der Waals surface area contributed by atoms with Crippen molar-refractivity contribution in [1.29, 1.82) is 0 Å². The quantitative estimate of drug-likeness (QED) is 0.714. The molecule has 0 spiro atoms. The van der Waals surface area contributed by atoms with E-state index < -0.39 is 10.4 Å². The standard InChI is InChI=1S/C11H17NO.H2O4S/c1-3-12(8-9-13)11-6-4-10(2)5-7-11;1-5(2,3)4/h4-7,13H,3,8-9H2,1-2H3;(H2,1,2,3,4). The van der Waals surface area contributed by atoms with Crippen molar-refractivity contribution in [2.24, 2.45) is 0 Å². The van der Waals surface area contributed by atoms with Gasteiger partial charge in [-0.3, -0.25) is 9.11 Å². The van der Waals surface area contributed by atoms with E-state index in [2.05, 4.69) is 43.0 Å². The molecule has 0 heterocycles. The highest BCUT2D eigenvalue weighted by Crippen LogP contribution is 2.13. The van der Waals surface area contributed by atoms with Crippen molar-refractivity contribution in [2.75, 3.05) is 24.6 Å². The summed E-state index contributed by atoms with van der Waals surface area (Å²) < 4.78 is 31.6. The summed E-state index contributed by atoms with van der Waals surface area (Å²) in [6.45, 7) is 6.02. The maximum atomic E-state index is 8.84. The molecule has 104 valence electrons. The van der Waals surface area contributed by atoms with Gasteiger partial charge in [0.1, 0.15) is 0 Å². The Morgan fingerprint density at radius 3 is 1.94 bits per heavy atom. The number of hydrogen-bond acceptors (Lipinski definition) is 4. The number of aliphatic hydroxyl groups excluding tert-OH is 1. The Labute approximate surface area is 107 Å². The van der Waals surface area contributed by atoms with Crippen LogP contribution in [0.4, 0.5) is 5.69 Å². The number of likely N-dealkylation sites (N-methyl/N-ethyl adjacent to an activating group) is 1. The third-order valence-electron chi connectivity index (χ3n) is 2.15. The zero-order chi connectivity index (χ0) is 14.2. The molecule has 1 aromatic rings. The first-order valence-corrected chi connectivity index (χ1v) is 6.80. The lowest BCUT2D eigenvalue weighted by atomic mass is 10.2. The van der Waals surface area contributed by atoms with Gasteiger partial charge in [-0.2, -0.15) is 8.42 Å². The predicted molar refractivity (Wildman–Crippen MR) is 70.3 cm³/mol. The number of anilines is 1. The molecule has 0 aliphatic rings. The molecule has 3 N–H and O–H groups in total. The maximum absolute atomic E-state index is 8.84. The summed E-state index contributed by atoms with van der Waals surface area (Å²) in [5.74, 6) is 0. The molecule has 0 atom stereocenters. The molecular weight excluding hydrogens is 258 g/mol. The molecule has 0 amide bonds. The number of aryl methyl sites for hydroxylation is 1. The normalized spacial score (nSPS) is 10.5. The van der Waals surface area contributed by atoms with Gasteiger partial charge in [0.2, 0.25) is 0 Å². The Morgan fingerprint density at radius 2 is 1.61 bits per heavy atom. The van der Waals surface area contributed by atoms with Crippen LogP contribution in [0.25, 0.3) is 0 Å². The van der Waals surface area contributed by atoms with Crippen molar-refractivity contribution in [1.82, 2.24) is 0 Å². The second-order valence-electron chi connectivity index (χ2n) is 3.59. The van der Waals surface area contributed by atoms with Gasteiger partial charge in [-0.1, -0.05) is 17.7 Å². The lowest BCUT2D eigenvalue weighted by Crippen LogP contribution is -2.25. The maximum Gasteiger partial charge on any atom is 0.394 e. The monoisotopic (exact) mass is 277 g/mol. The van der Waals surface area contributed by atoms with E-state index in [4.69, 9.17) is 22.6 Å². The highest BCUT2D eigenvalue weighted by Gasteiger charge is 2.01. The minimum Gasteiger partial charge on any atom is -0.395 e. The minimum absolute atomic E-state index is 0.210. The highest BCUT2D eigenvalue weighted by molar-refractivity contribution is 7.79. The van der Waals surface area contributed by atoms with Gasteiger partial charge < -0.3 is 10.0 Å². The molecule has 0 aliphatic carbocycles. The first-order valence-electron chi connectivity index (χ1n) is 5.40.